The average molecular weight is 456 g/mol. The molecule has 0 aliphatic heterocycles. The number of fused-ring (bicyclic) bond motifs is 1. The van der Waals surface area contributed by atoms with Gasteiger partial charge in [-0.25, -0.2) is 0 Å². The third-order valence-corrected chi connectivity index (χ3v) is 5.00. The molecule has 10 heteroatoms. The Morgan fingerprint density at radius 3 is 2.84 bits per heavy atom. The molecule has 2 aromatic carbocycles. The Morgan fingerprint density at radius 1 is 1.22 bits per heavy atom. The van der Waals surface area contributed by atoms with Gasteiger partial charge in [0.15, 0.2) is 29.7 Å². The maximum absolute atomic E-state index is 11.8. The van der Waals surface area contributed by atoms with Crippen LogP contribution in [0.4, 0.5) is 11.5 Å². The van der Waals surface area contributed by atoms with Crippen molar-refractivity contribution < 1.29 is 18.8 Å². The molecule has 0 saturated heterocycles. The van der Waals surface area contributed by atoms with E-state index in [0.29, 0.717) is 33.8 Å². The summed E-state index contributed by atoms with van der Waals surface area (Å²) in [6.07, 6.45) is 1.67. The van der Waals surface area contributed by atoms with Crippen LogP contribution in [0, 0.1) is 0 Å². The summed E-state index contributed by atoms with van der Waals surface area (Å²) >= 11 is 6.45. The van der Waals surface area contributed by atoms with Gasteiger partial charge >= 0.3 is 0 Å². The molecule has 0 aliphatic carbocycles. The van der Waals surface area contributed by atoms with Gasteiger partial charge in [0.25, 0.3) is 5.91 Å². The maximum Gasteiger partial charge on any atom is 0.258 e. The van der Waals surface area contributed by atoms with Crippen molar-refractivity contribution in [1.82, 2.24) is 20.7 Å². The molecule has 1 amide bonds. The van der Waals surface area contributed by atoms with E-state index in [4.69, 9.17) is 25.6 Å². The van der Waals surface area contributed by atoms with Crippen LogP contribution in [-0.2, 0) is 4.79 Å². The Morgan fingerprint density at radius 2 is 2.06 bits per heavy atom. The summed E-state index contributed by atoms with van der Waals surface area (Å²) < 4.78 is 16.5. The van der Waals surface area contributed by atoms with Crippen molar-refractivity contribution in [3.05, 3.63) is 47.6 Å². The van der Waals surface area contributed by atoms with E-state index in [9.17, 15) is 4.79 Å². The predicted octanol–water partition coefficient (Wildman–Crippen LogP) is 4.53. The van der Waals surface area contributed by atoms with Crippen molar-refractivity contribution in [2.75, 3.05) is 19.0 Å². The van der Waals surface area contributed by atoms with Crippen LogP contribution in [0.25, 0.3) is 22.2 Å². The van der Waals surface area contributed by atoms with Gasteiger partial charge in [-0.05, 0) is 44.2 Å². The Labute approximate surface area is 189 Å². The van der Waals surface area contributed by atoms with Crippen LogP contribution in [0.1, 0.15) is 13.8 Å². The van der Waals surface area contributed by atoms with Crippen LogP contribution in [0.2, 0.25) is 5.02 Å². The number of hydrogen-bond acceptors (Lipinski definition) is 7. The second kappa shape index (κ2) is 9.19. The third kappa shape index (κ3) is 4.62. The minimum absolute atomic E-state index is 0.0427. The zero-order valence-electron chi connectivity index (χ0n) is 17.7. The first-order valence-electron chi connectivity index (χ1n) is 9.90. The van der Waals surface area contributed by atoms with Crippen molar-refractivity contribution in [3.8, 4) is 22.8 Å². The van der Waals surface area contributed by atoms with E-state index < -0.39 is 0 Å². The zero-order valence-corrected chi connectivity index (χ0v) is 18.5. The molecule has 0 fully saturated rings. The highest BCUT2D eigenvalue weighted by molar-refractivity contribution is 6.38. The molecule has 0 spiro atoms. The molecule has 0 aliphatic rings. The molecule has 0 atom stereocenters. The summed E-state index contributed by atoms with van der Waals surface area (Å²) in [7, 11) is 1.53. The van der Waals surface area contributed by atoms with Gasteiger partial charge in [-0.15, -0.1) is 0 Å². The lowest BCUT2D eigenvalue weighted by Crippen LogP contribution is -2.34. The number of rotatable bonds is 8. The number of H-pyrrole nitrogens is 1. The molecule has 166 valence electrons. The number of nitrogens with zero attached hydrogens (tertiary/aromatic N) is 2. The fraction of sp³-hybridized carbons (Fsp3) is 0.227. The number of aromatic amines is 1. The van der Waals surface area contributed by atoms with Gasteiger partial charge in [0, 0.05) is 23.1 Å². The summed E-state index contributed by atoms with van der Waals surface area (Å²) in [5.74, 6) is 1.74. The largest absolute Gasteiger partial charge is 0.493 e. The van der Waals surface area contributed by atoms with Crippen molar-refractivity contribution in [1.29, 1.82) is 0 Å². The summed E-state index contributed by atoms with van der Waals surface area (Å²) in [5.41, 5.74) is 2.26. The normalized spacial score (nSPS) is 11.0. The van der Waals surface area contributed by atoms with Crippen molar-refractivity contribution in [3.63, 3.8) is 0 Å². The molecule has 3 N–H and O–H groups in total. The van der Waals surface area contributed by atoms with Gasteiger partial charge < -0.3 is 24.6 Å². The molecular formula is C22H22ClN5O4. The van der Waals surface area contributed by atoms with Crippen LogP contribution >= 0.6 is 11.6 Å². The van der Waals surface area contributed by atoms with Crippen molar-refractivity contribution in [2.45, 2.75) is 19.9 Å². The van der Waals surface area contributed by atoms with Crippen LogP contribution in [-0.4, -0.2) is 41.0 Å². The topological polar surface area (TPSA) is 114 Å². The van der Waals surface area contributed by atoms with E-state index in [1.54, 1.807) is 30.5 Å². The highest BCUT2D eigenvalue weighted by Gasteiger charge is 2.14. The molecule has 9 nitrogen and oxygen atoms in total. The van der Waals surface area contributed by atoms with Gasteiger partial charge in [-0.3, -0.25) is 9.89 Å². The number of methoxy groups -OCH3 is 1. The lowest BCUT2D eigenvalue weighted by atomic mass is 10.1. The lowest BCUT2D eigenvalue weighted by molar-refractivity contribution is -0.123. The fourth-order valence-electron chi connectivity index (χ4n) is 3.13. The van der Waals surface area contributed by atoms with Crippen LogP contribution in [0.15, 0.2) is 47.1 Å². The Balaban J connectivity index is 1.49. The number of aromatic nitrogens is 3. The van der Waals surface area contributed by atoms with Gasteiger partial charge in [-0.1, -0.05) is 16.8 Å². The monoisotopic (exact) mass is 455 g/mol. The minimum atomic E-state index is -0.204. The molecule has 4 aromatic rings. The Hall–Kier alpha value is -3.72. The molecule has 0 saturated carbocycles. The quantitative estimate of drug-likeness (QED) is 0.357. The maximum atomic E-state index is 11.8. The van der Waals surface area contributed by atoms with Crippen LogP contribution in [0.5, 0.6) is 11.5 Å². The molecule has 32 heavy (non-hydrogen) atoms. The Bertz CT molecular complexity index is 1250. The molecule has 2 aromatic heterocycles. The standard InChI is InChI=1S/C22H22ClN5O4/c1-12(2)25-21(29)11-31-17-7-4-13(8-19(17)30-3)18-9-20(28-32-18)26-16-6-5-15-14(22(16)23)10-24-27-15/h4-10,12H,11H2,1-3H3,(H,24,27)(H,25,29)(H,26,28). The molecular weight excluding hydrogens is 434 g/mol. The number of amides is 1. The zero-order chi connectivity index (χ0) is 22.7. The molecule has 0 bridgehead atoms. The van der Waals surface area contributed by atoms with Crippen molar-refractivity contribution >= 4 is 39.9 Å². The molecule has 0 radical (unpaired) electrons. The number of ether oxygens (including phenoxy) is 2. The Kier molecular flexibility index (Phi) is 6.18. The predicted molar refractivity (Wildman–Crippen MR) is 122 cm³/mol. The number of halogens is 1. The molecule has 4 rings (SSSR count). The van der Waals surface area contributed by atoms with E-state index >= 15 is 0 Å². The highest BCUT2D eigenvalue weighted by atomic mass is 35.5. The van der Waals surface area contributed by atoms with E-state index in [0.717, 1.165) is 16.5 Å². The van der Waals surface area contributed by atoms with E-state index in [1.165, 1.54) is 7.11 Å². The summed E-state index contributed by atoms with van der Waals surface area (Å²) in [6.45, 7) is 3.67. The summed E-state index contributed by atoms with van der Waals surface area (Å²) in [5, 5.41) is 18.2. The number of carbonyl (C=O) groups excluding carboxylic acids is 1. The van der Waals surface area contributed by atoms with Crippen LogP contribution in [0.3, 0.4) is 0 Å². The highest BCUT2D eigenvalue weighted by Crippen LogP contribution is 2.35. The molecule has 2 heterocycles. The van der Waals surface area contributed by atoms with E-state index in [-0.39, 0.29) is 18.6 Å². The van der Waals surface area contributed by atoms with E-state index in [1.807, 2.05) is 26.0 Å². The SMILES string of the molecule is COc1cc(-c2cc(Nc3ccc4[nH]ncc4c3Cl)no2)ccc1OCC(=O)NC(C)C. The number of benzene rings is 2. The van der Waals surface area contributed by atoms with Gasteiger partial charge in [0.2, 0.25) is 0 Å². The van der Waals surface area contributed by atoms with E-state index in [2.05, 4.69) is 26.0 Å². The third-order valence-electron chi connectivity index (χ3n) is 4.59. The first-order chi connectivity index (χ1) is 15.4. The summed E-state index contributed by atoms with van der Waals surface area (Å²) in [6, 6.07) is 10.8. The first-order valence-corrected chi connectivity index (χ1v) is 10.3. The summed E-state index contributed by atoms with van der Waals surface area (Å²) in [4.78, 5) is 11.8. The van der Waals surface area contributed by atoms with Gasteiger partial charge in [-0.2, -0.15) is 5.10 Å². The smallest absolute Gasteiger partial charge is 0.258 e. The number of nitrogens with one attached hydrogen (secondary N) is 3. The first kappa shape index (κ1) is 21.5. The number of carbonyl (C=O) groups is 1. The van der Waals surface area contributed by atoms with Crippen LogP contribution < -0.4 is 20.1 Å². The lowest BCUT2D eigenvalue weighted by Gasteiger charge is -2.12. The second-order valence-electron chi connectivity index (χ2n) is 7.34. The van der Waals surface area contributed by atoms with Gasteiger partial charge in [0.1, 0.15) is 0 Å². The van der Waals surface area contributed by atoms with Gasteiger partial charge in [0.05, 0.1) is 29.5 Å². The minimum Gasteiger partial charge on any atom is -0.493 e. The average Bonchev–Trinajstić information content (AvgIpc) is 3.43. The van der Waals surface area contributed by atoms with Crippen molar-refractivity contribution in [2.24, 2.45) is 0 Å². The molecule has 0 unspecified atom stereocenters. The second-order valence-corrected chi connectivity index (χ2v) is 7.71. The number of anilines is 2. The number of hydrogen-bond donors (Lipinski definition) is 3. The fourth-order valence-corrected chi connectivity index (χ4v) is 3.40.